The number of para-hydroxylation sites is 1. The molecular weight excluding hydrogens is 416 g/mol. The third-order valence-electron chi connectivity index (χ3n) is 5.93. The van der Waals surface area contributed by atoms with Crippen LogP contribution < -0.4 is 14.4 Å². The summed E-state index contributed by atoms with van der Waals surface area (Å²) in [5.74, 6) is -0.798. The van der Waals surface area contributed by atoms with Gasteiger partial charge in [-0.2, -0.15) is 0 Å². The number of ketones is 1. The van der Waals surface area contributed by atoms with Crippen LogP contribution in [0.3, 0.4) is 0 Å². The van der Waals surface area contributed by atoms with Crippen molar-refractivity contribution in [2.24, 2.45) is 0 Å². The molecule has 0 bridgehead atoms. The average molecular weight is 443 g/mol. The van der Waals surface area contributed by atoms with E-state index in [1.807, 2.05) is 0 Å². The van der Waals surface area contributed by atoms with Crippen LogP contribution in [0.15, 0.2) is 52.3 Å². The van der Waals surface area contributed by atoms with Gasteiger partial charge in [-0.15, -0.1) is 0 Å². The molecule has 1 atom stereocenters. The minimum atomic E-state index is -0.842. The van der Waals surface area contributed by atoms with Crippen LogP contribution in [0.1, 0.15) is 22.2 Å². The van der Waals surface area contributed by atoms with E-state index in [1.165, 1.54) is 36.3 Å². The summed E-state index contributed by atoms with van der Waals surface area (Å²) in [7, 11) is 3.02. The Kier molecular flexibility index (Phi) is 6.48. The van der Waals surface area contributed by atoms with E-state index in [1.54, 1.807) is 24.3 Å². The van der Waals surface area contributed by atoms with Gasteiger partial charge in [-0.25, -0.2) is 0 Å². The van der Waals surface area contributed by atoms with Gasteiger partial charge in [0.05, 0.1) is 58.4 Å². The number of rotatable bonds is 8. The molecule has 9 heteroatoms. The van der Waals surface area contributed by atoms with Gasteiger partial charge in [-0.05, 0) is 18.2 Å². The van der Waals surface area contributed by atoms with Crippen LogP contribution in [0, 0.1) is 0 Å². The smallest absolute Gasteiger partial charge is 0.290 e. The molecule has 0 spiro atoms. The molecule has 3 heterocycles. The Morgan fingerprint density at radius 3 is 2.62 bits per heavy atom. The van der Waals surface area contributed by atoms with Crippen LogP contribution >= 0.6 is 0 Å². The van der Waals surface area contributed by atoms with Crippen molar-refractivity contribution in [3.8, 4) is 11.5 Å². The number of methoxy groups -OCH3 is 2. The highest BCUT2D eigenvalue weighted by Gasteiger charge is 2.46. The fraction of sp³-hybridized carbons (Fsp3) is 0.391. The van der Waals surface area contributed by atoms with Gasteiger partial charge in [0.1, 0.15) is 13.1 Å². The first-order chi connectivity index (χ1) is 15.6. The lowest BCUT2D eigenvalue weighted by Gasteiger charge is -2.30. The van der Waals surface area contributed by atoms with E-state index < -0.39 is 23.5 Å². The lowest BCUT2D eigenvalue weighted by atomic mass is 9.94. The molecular formula is C23H27N2O7+. The molecule has 2 aliphatic heterocycles. The third kappa shape index (κ3) is 3.96. The molecule has 1 fully saturated rings. The summed E-state index contributed by atoms with van der Waals surface area (Å²) in [4.78, 5) is 29.2. The number of hydrogen-bond acceptors (Lipinski definition) is 7. The number of benzene rings is 1. The van der Waals surface area contributed by atoms with Crippen LogP contribution in [0.2, 0.25) is 0 Å². The van der Waals surface area contributed by atoms with E-state index in [4.69, 9.17) is 18.6 Å². The second-order valence-corrected chi connectivity index (χ2v) is 7.66. The predicted molar refractivity (Wildman–Crippen MR) is 113 cm³/mol. The molecule has 0 radical (unpaired) electrons. The summed E-state index contributed by atoms with van der Waals surface area (Å²) >= 11 is 0. The molecule has 4 rings (SSSR count). The number of hydrogen-bond donors (Lipinski definition) is 2. The zero-order chi connectivity index (χ0) is 22.7. The van der Waals surface area contributed by atoms with Crippen molar-refractivity contribution < 1.29 is 38.2 Å². The first-order valence-electron chi connectivity index (χ1n) is 10.5. The van der Waals surface area contributed by atoms with Gasteiger partial charge in [-0.1, -0.05) is 12.1 Å². The van der Waals surface area contributed by atoms with Gasteiger partial charge >= 0.3 is 0 Å². The molecule has 32 heavy (non-hydrogen) atoms. The van der Waals surface area contributed by atoms with Crippen LogP contribution in [-0.4, -0.2) is 75.3 Å². The first-order valence-corrected chi connectivity index (χ1v) is 10.5. The number of carbonyl (C=O) groups excluding carboxylic acids is 2. The van der Waals surface area contributed by atoms with Gasteiger partial charge in [0.2, 0.25) is 5.78 Å². The Bertz CT molecular complexity index is 1010. The minimum absolute atomic E-state index is 0.0338. The van der Waals surface area contributed by atoms with E-state index in [0.717, 1.165) is 13.1 Å². The number of nitrogens with zero attached hydrogens (tertiary/aromatic N) is 1. The van der Waals surface area contributed by atoms with Crippen molar-refractivity contribution >= 4 is 11.7 Å². The highest BCUT2D eigenvalue weighted by molar-refractivity contribution is 6.15. The summed E-state index contributed by atoms with van der Waals surface area (Å²) < 4.78 is 21.7. The molecule has 1 saturated heterocycles. The third-order valence-corrected chi connectivity index (χ3v) is 5.93. The van der Waals surface area contributed by atoms with Gasteiger partial charge in [0.25, 0.3) is 5.91 Å². The minimum Gasteiger partial charge on any atom is -0.503 e. The molecule has 1 unspecified atom stereocenters. The topological polar surface area (TPSA) is 103 Å². The van der Waals surface area contributed by atoms with E-state index in [2.05, 4.69) is 0 Å². The maximum Gasteiger partial charge on any atom is 0.290 e. The number of ether oxygens (including phenoxy) is 3. The SMILES string of the molecule is COc1cccc(C2C(C(=O)c3ccco3)=C(O)C(=O)N2CC[NH+]2CCOCC2)c1OC. The van der Waals surface area contributed by atoms with E-state index >= 15 is 0 Å². The Balaban J connectivity index is 1.75. The van der Waals surface area contributed by atoms with Gasteiger partial charge in [-0.3, -0.25) is 9.59 Å². The van der Waals surface area contributed by atoms with Gasteiger partial charge in [0.15, 0.2) is 23.0 Å². The Labute approximate surface area is 185 Å². The molecule has 2 aliphatic rings. The van der Waals surface area contributed by atoms with Crippen LogP contribution in [0.25, 0.3) is 0 Å². The van der Waals surface area contributed by atoms with Gasteiger partial charge < -0.3 is 33.5 Å². The molecule has 0 saturated carbocycles. The summed E-state index contributed by atoms with van der Waals surface area (Å²) in [6.07, 6.45) is 1.38. The predicted octanol–water partition coefficient (Wildman–Crippen LogP) is 0.790. The number of nitrogens with one attached hydrogen (secondary N) is 1. The van der Waals surface area contributed by atoms with Crippen LogP contribution in [-0.2, 0) is 9.53 Å². The molecule has 1 aromatic heterocycles. The van der Waals surface area contributed by atoms with Crippen LogP contribution in [0.4, 0.5) is 0 Å². The highest BCUT2D eigenvalue weighted by Crippen LogP contribution is 2.45. The number of furan rings is 1. The summed E-state index contributed by atoms with van der Waals surface area (Å²) in [5.41, 5.74) is 0.518. The standard InChI is InChI=1S/C23H26N2O7/c1-29-17-6-3-5-15(22(17)30-2)19-18(20(26)16-7-4-12-32-16)21(27)23(28)25(19)9-8-24-10-13-31-14-11-24/h3-7,12,19,27H,8-11,13-14H2,1-2H3/p+1. The van der Waals surface area contributed by atoms with Crippen LogP contribution in [0.5, 0.6) is 11.5 Å². The van der Waals surface area contributed by atoms with E-state index in [9.17, 15) is 14.7 Å². The number of morpholine rings is 1. The number of amides is 1. The largest absolute Gasteiger partial charge is 0.503 e. The molecule has 0 aliphatic carbocycles. The van der Waals surface area contributed by atoms with Gasteiger partial charge in [0, 0.05) is 5.56 Å². The number of Topliss-reactive ketones (excluding diaryl/α,β-unsaturated/α-hetero) is 1. The first kappa shape index (κ1) is 21.9. The van der Waals surface area contributed by atoms with Crippen molar-refractivity contribution in [3.63, 3.8) is 0 Å². The fourth-order valence-corrected chi connectivity index (χ4v) is 4.30. The van der Waals surface area contributed by atoms with Crippen molar-refractivity contribution in [2.75, 3.05) is 53.6 Å². The summed E-state index contributed by atoms with van der Waals surface area (Å²) in [6.45, 7) is 4.02. The van der Waals surface area contributed by atoms with Crippen molar-refractivity contribution in [3.05, 3.63) is 59.3 Å². The Hall–Kier alpha value is -3.30. The summed E-state index contributed by atoms with van der Waals surface area (Å²) in [5, 5.41) is 10.8. The maximum absolute atomic E-state index is 13.3. The monoisotopic (exact) mass is 443 g/mol. The number of aliphatic hydroxyl groups is 1. The molecule has 1 amide bonds. The molecule has 1 aromatic carbocycles. The lowest BCUT2D eigenvalue weighted by molar-refractivity contribution is -0.907. The fourth-order valence-electron chi connectivity index (χ4n) is 4.30. The van der Waals surface area contributed by atoms with E-state index in [0.29, 0.717) is 43.4 Å². The van der Waals surface area contributed by atoms with E-state index in [-0.39, 0.29) is 11.3 Å². The number of carbonyl (C=O) groups is 2. The zero-order valence-electron chi connectivity index (χ0n) is 18.1. The number of aliphatic hydroxyl groups excluding tert-OH is 1. The second kappa shape index (κ2) is 9.46. The normalized spacial score (nSPS) is 19.5. The van der Waals surface area contributed by atoms with Crippen molar-refractivity contribution in [1.82, 2.24) is 4.90 Å². The Morgan fingerprint density at radius 1 is 1.19 bits per heavy atom. The average Bonchev–Trinajstić information content (AvgIpc) is 3.45. The Morgan fingerprint density at radius 2 is 1.97 bits per heavy atom. The maximum atomic E-state index is 13.3. The second-order valence-electron chi connectivity index (χ2n) is 7.66. The number of quaternary nitrogens is 1. The van der Waals surface area contributed by atoms with Crippen molar-refractivity contribution in [2.45, 2.75) is 6.04 Å². The van der Waals surface area contributed by atoms with Crippen molar-refractivity contribution in [1.29, 1.82) is 0 Å². The quantitative estimate of drug-likeness (QED) is 0.582. The molecule has 2 N–H and O–H groups in total. The lowest BCUT2D eigenvalue weighted by Crippen LogP contribution is -3.14. The molecule has 2 aromatic rings. The molecule has 170 valence electrons. The molecule has 9 nitrogen and oxygen atoms in total. The summed E-state index contributed by atoms with van der Waals surface area (Å²) in [6, 6.07) is 7.51. The highest BCUT2D eigenvalue weighted by atomic mass is 16.5. The zero-order valence-corrected chi connectivity index (χ0v) is 18.1.